The number of benzene rings is 3. The van der Waals surface area contributed by atoms with E-state index in [1.807, 2.05) is 12.1 Å². The van der Waals surface area contributed by atoms with Crippen LogP contribution in [-0.4, -0.2) is 73.6 Å². The van der Waals surface area contributed by atoms with E-state index in [2.05, 4.69) is 20.6 Å². The highest BCUT2D eigenvalue weighted by Gasteiger charge is 2.25. The van der Waals surface area contributed by atoms with Gasteiger partial charge >= 0.3 is 6.09 Å². The number of hydrogen-bond donors (Lipinski definition) is 3. The van der Waals surface area contributed by atoms with E-state index in [4.69, 9.17) is 4.74 Å². The molecular formula is C29H29F2N5O6S. The lowest BCUT2D eigenvalue weighted by molar-refractivity contribution is 0.102. The Morgan fingerprint density at radius 1 is 1.00 bits per heavy atom. The van der Waals surface area contributed by atoms with Gasteiger partial charge in [-0.1, -0.05) is 6.07 Å². The number of nitrogens with one attached hydrogen (secondary N) is 2. The minimum absolute atomic E-state index is 0.00625. The highest BCUT2D eigenvalue weighted by molar-refractivity contribution is 7.91. The Bertz CT molecular complexity index is 1780. The summed E-state index contributed by atoms with van der Waals surface area (Å²) in [5, 5.41) is 19.5. The molecule has 0 spiro atoms. The quantitative estimate of drug-likeness (QED) is 0.219. The van der Waals surface area contributed by atoms with Crippen LogP contribution in [0, 0.1) is 11.6 Å². The summed E-state index contributed by atoms with van der Waals surface area (Å²) in [6.07, 6.45) is 0.804. The molecule has 1 aliphatic rings. The molecule has 2 heterocycles. The van der Waals surface area contributed by atoms with Crippen molar-refractivity contribution < 1.29 is 36.6 Å². The van der Waals surface area contributed by atoms with Crippen LogP contribution in [-0.2, 0) is 21.1 Å². The molecule has 3 N–H and O–H groups in total. The zero-order valence-corrected chi connectivity index (χ0v) is 24.0. The topological polar surface area (TPSA) is 143 Å². The lowest BCUT2D eigenvalue weighted by Crippen LogP contribution is -2.20. The smallest absolute Gasteiger partial charge is 0.432 e. The Balaban J connectivity index is 1.51. The zero-order valence-electron chi connectivity index (χ0n) is 23.1. The van der Waals surface area contributed by atoms with E-state index in [9.17, 15) is 31.9 Å². The van der Waals surface area contributed by atoms with Crippen LogP contribution in [0.3, 0.4) is 0 Å². The first kappa shape index (κ1) is 30.1. The Morgan fingerprint density at radius 3 is 2.40 bits per heavy atom. The predicted octanol–water partition coefficient (Wildman–Crippen LogP) is 4.58. The van der Waals surface area contributed by atoms with Crippen molar-refractivity contribution in [2.45, 2.75) is 29.2 Å². The van der Waals surface area contributed by atoms with Crippen LogP contribution in [0.5, 0.6) is 0 Å². The van der Waals surface area contributed by atoms with E-state index in [-0.39, 0.29) is 27.2 Å². The van der Waals surface area contributed by atoms with Crippen LogP contribution in [0.25, 0.3) is 10.9 Å². The molecule has 4 aromatic rings. The zero-order chi connectivity index (χ0) is 30.7. The highest BCUT2D eigenvalue weighted by Crippen LogP contribution is 2.31. The molecule has 14 heteroatoms. The van der Waals surface area contributed by atoms with Crippen LogP contribution in [0.4, 0.5) is 25.1 Å². The molecule has 1 amide bonds. The van der Waals surface area contributed by atoms with Crippen molar-refractivity contribution in [1.82, 2.24) is 14.7 Å². The first-order valence-corrected chi connectivity index (χ1v) is 14.9. The summed E-state index contributed by atoms with van der Waals surface area (Å²) in [5.74, 6) is -2.99. The number of carboxylic acid groups (broad SMARTS) is 1. The normalized spacial score (nSPS) is 13.8. The molecule has 5 rings (SSSR count). The molecule has 1 fully saturated rings. The Kier molecular flexibility index (Phi) is 8.71. The van der Waals surface area contributed by atoms with E-state index in [0.29, 0.717) is 41.7 Å². The summed E-state index contributed by atoms with van der Waals surface area (Å²) in [4.78, 5) is 26.8. The van der Waals surface area contributed by atoms with Gasteiger partial charge < -0.3 is 20.5 Å². The number of halogens is 2. The number of carbonyl (C=O) groups excluding carboxylic acids is 1. The fourth-order valence-electron chi connectivity index (χ4n) is 5.02. The SMILES string of the molecule is COCCNc1cc(CN2CCCC2)ccc1C(=O)Nc1nn(C(=O)O)c2ccc(S(=O)(=O)c3cc(F)cc(F)c3)cc12. The van der Waals surface area contributed by atoms with Gasteiger partial charge in [0, 0.05) is 37.3 Å². The van der Waals surface area contributed by atoms with E-state index in [1.54, 1.807) is 13.2 Å². The number of hydrogen-bond acceptors (Lipinski definition) is 8. The molecule has 0 aliphatic carbocycles. The van der Waals surface area contributed by atoms with Crippen molar-refractivity contribution in [3.05, 3.63) is 77.4 Å². The minimum atomic E-state index is -4.42. The molecule has 0 atom stereocenters. The van der Waals surface area contributed by atoms with Gasteiger partial charge in [0.05, 0.1) is 27.5 Å². The first-order valence-electron chi connectivity index (χ1n) is 13.4. The molecule has 11 nitrogen and oxygen atoms in total. The average molecular weight is 614 g/mol. The lowest BCUT2D eigenvalue weighted by atomic mass is 10.1. The maximum absolute atomic E-state index is 13.8. The van der Waals surface area contributed by atoms with Crippen molar-refractivity contribution in [1.29, 1.82) is 0 Å². The van der Waals surface area contributed by atoms with Gasteiger partial charge in [0.2, 0.25) is 9.84 Å². The largest absolute Gasteiger partial charge is 0.463 e. The summed E-state index contributed by atoms with van der Waals surface area (Å²) in [6, 6.07) is 10.7. The van der Waals surface area contributed by atoms with Gasteiger partial charge in [-0.15, -0.1) is 5.10 Å². The van der Waals surface area contributed by atoms with Gasteiger partial charge in [0.1, 0.15) is 11.6 Å². The fraction of sp³-hybridized carbons (Fsp3) is 0.276. The maximum atomic E-state index is 13.8. The second-order valence-electron chi connectivity index (χ2n) is 10.1. The monoisotopic (exact) mass is 613 g/mol. The summed E-state index contributed by atoms with van der Waals surface area (Å²) >= 11 is 0. The molecule has 1 saturated heterocycles. The van der Waals surface area contributed by atoms with Gasteiger partial charge in [-0.05, 0) is 74.0 Å². The molecule has 0 saturated carbocycles. The standard InChI is InChI=1S/C29H29F2N5O6S/c1-42-11-8-32-25-12-18(17-35-9-2-3-10-35)4-6-23(25)28(37)33-27-24-16-21(5-7-26(24)36(34-27)29(38)39)43(40,41)22-14-19(30)13-20(31)15-22/h4-7,12-16,32H,2-3,8-11,17H2,1H3,(H,38,39)(H,33,34,37). The molecule has 0 radical (unpaired) electrons. The van der Waals surface area contributed by atoms with Gasteiger partial charge in [-0.2, -0.15) is 4.68 Å². The molecule has 43 heavy (non-hydrogen) atoms. The second kappa shape index (κ2) is 12.5. The maximum Gasteiger partial charge on any atom is 0.432 e. The fourth-order valence-corrected chi connectivity index (χ4v) is 6.35. The number of fused-ring (bicyclic) bond motifs is 1. The number of methoxy groups -OCH3 is 1. The van der Waals surface area contributed by atoms with E-state index in [1.165, 1.54) is 6.07 Å². The minimum Gasteiger partial charge on any atom is -0.463 e. The van der Waals surface area contributed by atoms with Crippen LogP contribution >= 0.6 is 0 Å². The Labute approximate surface area is 246 Å². The van der Waals surface area contributed by atoms with E-state index < -0.39 is 38.4 Å². The number of likely N-dealkylation sites (tertiary alicyclic amines) is 1. The number of carbonyl (C=O) groups is 2. The number of anilines is 2. The Morgan fingerprint density at radius 2 is 1.72 bits per heavy atom. The predicted molar refractivity (Wildman–Crippen MR) is 154 cm³/mol. The summed E-state index contributed by atoms with van der Waals surface area (Å²) in [7, 11) is -2.86. The molecule has 1 aliphatic heterocycles. The molecule has 0 bridgehead atoms. The third kappa shape index (κ3) is 6.50. The van der Waals surface area contributed by atoms with Crippen LogP contribution in [0.2, 0.25) is 0 Å². The lowest BCUT2D eigenvalue weighted by Gasteiger charge is -2.17. The summed E-state index contributed by atoms with van der Waals surface area (Å²) in [5.41, 5.74) is 1.78. The molecule has 226 valence electrons. The van der Waals surface area contributed by atoms with Crippen LogP contribution in [0.15, 0.2) is 64.4 Å². The van der Waals surface area contributed by atoms with Crippen LogP contribution < -0.4 is 10.6 Å². The third-order valence-corrected chi connectivity index (χ3v) is 8.81. The molecular weight excluding hydrogens is 584 g/mol. The van der Waals surface area contributed by atoms with Crippen molar-refractivity contribution in [3.8, 4) is 0 Å². The Hall–Kier alpha value is -4.40. The van der Waals surface area contributed by atoms with Gasteiger partial charge in [-0.3, -0.25) is 9.69 Å². The molecule has 0 unspecified atom stereocenters. The molecule has 1 aromatic heterocycles. The second-order valence-corrected chi connectivity index (χ2v) is 12.0. The van der Waals surface area contributed by atoms with E-state index >= 15 is 0 Å². The summed E-state index contributed by atoms with van der Waals surface area (Å²) < 4.78 is 59.8. The van der Waals surface area contributed by atoms with Crippen molar-refractivity contribution in [2.75, 3.05) is 44.0 Å². The number of sulfone groups is 1. The molecule has 3 aromatic carbocycles. The van der Waals surface area contributed by atoms with Gasteiger partial charge in [0.25, 0.3) is 5.91 Å². The van der Waals surface area contributed by atoms with Crippen molar-refractivity contribution >= 4 is 44.2 Å². The first-order chi connectivity index (χ1) is 20.6. The average Bonchev–Trinajstić information content (AvgIpc) is 3.60. The number of amides is 1. The number of nitrogens with zero attached hydrogens (tertiary/aromatic N) is 3. The van der Waals surface area contributed by atoms with E-state index in [0.717, 1.165) is 50.2 Å². The summed E-state index contributed by atoms with van der Waals surface area (Å²) in [6.45, 7) is 3.53. The van der Waals surface area contributed by atoms with Crippen LogP contribution in [0.1, 0.15) is 28.8 Å². The van der Waals surface area contributed by atoms with Gasteiger partial charge in [0.15, 0.2) is 5.82 Å². The highest BCUT2D eigenvalue weighted by atomic mass is 32.2. The number of ether oxygens (including phenoxy) is 1. The van der Waals surface area contributed by atoms with Crippen molar-refractivity contribution in [3.63, 3.8) is 0 Å². The van der Waals surface area contributed by atoms with Gasteiger partial charge in [-0.25, -0.2) is 22.0 Å². The third-order valence-electron chi connectivity index (χ3n) is 7.08. The number of rotatable bonds is 10. The number of aromatic nitrogens is 2. The van der Waals surface area contributed by atoms with Crippen molar-refractivity contribution in [2.24, 2.45) is 0 Å².